The van der Waals surface area contributed by atoms with E-state index in [0.717, 1.165) is 10.5 Å². The average Bonchev–Trinajstić information content (AvgIpc) is 2.84. The number of hydrogen-bond donors (Lipinski definition) is 1. The van der Waals surface area contributed by atoms with Gasteiger partial charge < -0.3 is 10.1 Å². The molecule has 0 aliphatic carbocycles. The van der Waals surface area contributed by atoms with E-state index in [-0.39, 0.29) is 37.7 Å². The smallest absolute Gasteiger partial charge is 0.240 e. The van der Waals surface area contributed by atoms with Crippen molar-refractivity contribution in [2.75, 3.05) is 20.2 Å². The van der Waals surface area contributed by atoms with E-state index >= 15 is 0 Å². The van der Waals surface area contributed by atoms with Crippen LogP contribution >= 0.6 is 11.6 Å². The zero-order chi connectivity index (χ0) is 17.0. The van der Waals surface area contributed by atoms with Gasteiger partial charge in [-0.25, -0.2) is 0 Å². The molecule has 1 aliphatic rings. The Morgan fingerprint density at radius 1 is 1.35 bits per heavy atom. The van der Waals surface area contributed by atoms with Gasteiger partial charge in [0.1, 0.15) is 12.1 Å². The van der Waals surface area contributed by atoms with Gasteiger partial charge in [-0.15, -0.1) is 0 Å². The van der Waals surface area contributed by atoms with E-state index in [9.17, 15) is 14.4 Å². The normalized spacial score (nSPS) is 17.3. The number of carbonyl (C=O) groups excluding carboxylic acids is 3. The molecule has 23 heavy (non-hydrogen) atoms. The Bertz CT molecular complexity index is 618. The molecule has 3 amide bonds. The highest BCUT2D eigenvalue weighted by molar-refractivity contribution is 6.30. The molecule has 0 radical (unpaired) electrons. The van der Waals surface area contributed by atoms with Gasteiger partial charge in [0.2, 0.25) is 17.7 Å². The van der Waals surface area contributed by atoms with Crippen LogP contribution in [-0.4, -0.2) is 42.8 Å². The van der Waals surface area contributed by atoms with Crippen LogP contribution in [0, 0.1) is 0 Å². The molecule has 1 atom stereocenters. The summed E-state index contributed by atoms with van der Waals surface area (Å²) in [5.41, 5.74) is 0.0562. The van der Waals surface area contributed by atoms with E-state index in [1.54, 1.807) is 25.3 Å². The number of methoxy groups -OCH3 is 1. The summed E-state index contributed by atoms with van der Waals surface area (Å²) < 4.78 is 5.52. The van der Waals surface area contributed by atoms with Crippen LogP contribution in [0.15, 0.2) is 24.3 Å². The highest BCUT2D eigenvalue weighted by atomic mass is 35.5. The third-order valence-corrected chi connectivity index (χ3v) is 4.20. The third-order valence-electron chi connectivity index (χ3n) is 3.97. The summed E-state index contributed by atoms with van der Waals surface area (Å²) in [6.07, 6.45) is 0.342. The summed E-state index contributed by atoms with van der Waals surface area (Å²) in [5, 5.41) is 3.28. The standard InChI is InChI=1S/C16H19ClN2O4/c1-16(23-2,11-4-3-5-12(17)8-11)10-18-13(20)9-19-14(21)6-7-15(19)22/h3-5,8H,6-7,9-10H2,1-2H3,(H,18,20)/t16-/m1/s1. The molecular weight excluding hydrogens is 320 g/mol. The Morgan fingerprint density at radius 3 is 2.57 bits per heavy atom. The number of nitrogens with zero attached hydrogens (tertiary/aromatic N) is 1. The molecule has 2 rings (SSSR count). The fraction of sp³-hybridized carbons (Fsp3) is 0.438. The predicted octanol–water partition coefficient (Wildman–Crippen LogP) is 1.47. The molecule has 1 fully saturated rings. The first-order valence-corrected chi connectivity index (χ1v) is 7.64. The van der Waals surface area contributed by atoms with Crippen molar-refractivity contribution in [3.8, 4) is 0 Å². The number of halogens is 1. The number of likely N-dealkylation sites (tertiary alicyclic amines) is 1. The lowest BCUT2D eigenvalue weighted by Gasteiger charge is -2.29. The van der Waals surface area contributed by atoms with Crippen molar-refractivity contribution in [2.24, 2.45) is 0 Å². The van der Waals surface area contributed by atoms with Gasteiger partial charge in [0, 0.05) is 25.0 Å². The second kappa shape index (κ2) is 7.10. The van der Waals surface area contributed by atoms with Crippen LogP contribution in [0.1, 0.15) is 25.3 Å². The van der Waals surface area contributed by atoms with Crippen LogP contribution in [0.4, 0.5) is 0 Å². The topological polar surface area (TPSA) is 75.7 Å². The van der Waals surface area contributed by atoms with Gasteiger partial charge in [-0.05, 0) is 24.6 Å². The SMILES string of the molecule is CO[C@](C)(CNC(=O)CN1C(=O)CCC1=O)c1cccc(Cl)c1. The zero-order valence-electron chi connectivity index (χ0n) is 13.1. The molecule has 1 heterocycles. The molecule has 1 aliphatic heterocycles. The molecule has 0 unspecified atom stereocenters. The largest absolute Gasteiger partial charge is 0.372 e. The maximum atomic E-state index is 12.0. The van der Waals surface area contributed by atoms with Crippen molar-refractivity contribution < 1.29 is 19.1 Å². The number of carbonyl (C=O) groups is 3. The lowest BCUT2D eigenvalue weighted by Crippen LogP contribution is -2.45. The molecular formula is C16H19ClN2O4. The van der Waals surface area contributed by atoms with Gasteiger partial charge >= 0.3 is 0 Å². The van der Waals surface area contributed by atoms with Crippen molar-refractivity contribution in [3.63, 3.8) is 0 Å². The van der Waals surface area contributed by atoms with Gasteiger partial charge in [0.25, 0.3) is 0 Å². The van der Waals surface area contributed by atoms with Crippen molar-refractivity contribution in [1.29, 1.82) is 0 Å². The number of nitrogens with one attached hydrogen (secondary N) is 1. The number of imide groups is 1. The molecule has 0 bridgehead atoms. The molecule has 1 aromatic rings. The van der Waals surface area contributed by atoms with Crippen LogP contribution < -0.4 is 5.32 Å². The molecule has 124 valence electrons. The molecule has 6 nitrogen and oxygen atoms in total. The Hall–Kier alpha value is -1.92. The summed E-state index contributed by atoms with van der Waals surface area (Å²) in [7, 11) is 1.54. The van der Waals surface area contributed by atoms with E-state index in [0.29, 0.717) is 5.02 Å². The monoisotopic (exact) mass is 338 g/mol. The Balaban J connectivity index is 1.98. The molecule has 0 saturated carbocycles. The fourth-order valence-electron chi connectivity index (χ4n) is 2.38. The minimum atomic E-state index is -0.764. The number of ether oxygens (including phenoxy) is 1. The van der Waals surface area contributed by atoms with Crippen molar-refractivity contribution in [3.05, 3.63) is 34.9 Å². The van der Waals surface area contributed by atoms with E-state index in [1.807, 2.05) is 13.0 Å². The van der Waals surface area contributed by atoms with Crippen LogP contribution in [0.5, 0.6) is 0 Å². The predicted molar refractivity (Wildman–Crippen MR) is 84.8 cm³/mol. The van der Waals surface area contributed by atoms with E-state index < -0.39 is 11.5 Å². The van der Waals surface area contributed by atoms with Crippen LogP contribution in [0.3, 0.4) is 0 Å². The second-order valence-electron chi connectivity index (χ2n) is 5.60. The van der Waals surface area contributed by atoms with Crippen LogP contribution in [0.2, 0.25) is 5.02 Å². The fourth-order valence-corrected chi connectivity index (χ4v) is 2.57. The molecule has 7 heteroatoms. The number of rotatable bonds is 6. The van der Waals surface area contributed by atoms with Gasteiger partial charge in [-0.1, -0.05) is 23.7 Å². The summed E-state index contributed by atoms with van der Waals surface area (Å²) >= 11 is 5.99. The van der Waals surface area contributed by atoms with Crippen LogP contribution in [0.25, 0.3) is 0 Å². The summed E-state index contributed by atoms with van der Waals surface area (Å²) in [6, 6.07) is 7.18. The van der Waals surface area contributed by atoms with Crippen molar-refractivity contribution >= 4 is 29.3 Å². The molecule has 0 spiro atoms. The van der Waals surface area contributed by atoms with Crippen molar-refractivity contribution in [1.82, 2.24) is 10.2 Å². The van der Waals surface area contributed by atoms with E-state index in [4.69, 9.17) is 16.3 Å². The summed E-state index contributed by atoms with van der Waals surface area (Å²) in [4.78, 5) is 36.0. The first kappa shape index (κ1) is 17.4. The molecule has 1 aromatic carbocycles. The number of benzene rings is 1. The minimum absolute atomic E-state index is 0.171. The summed E-state index contributed by atoms with van der Waals surface area (Å²) in [5.74, 6) is -1.03. The van der Waals surface area contributed by atoms with Gasteiger partial charge in [-0.3, -0.25) is 19.3 Å². The quantitative estimate of drug-likeness (QED) is 0.797. The van der Waals surface area contributed by atoms with Crippen molar-refractivity contribution in [2.45, 2.75) is 25.4 Å². The number of amides is 3. The van der Waals surface area contributed by atoms with Crippen LogP contribution in [-0.2, 0) is 24.7 Å². The maximum absolute atomic E-state index is 12.0. The van der Waals surface area contributed by atoms with Gasteiger partial charge in [0.05, 0.1) is 6.54 Å². The highest BCUT2D eigenvalue weighted by Crippen LogP contribution is 2.26. The maximum Gasteiger partial charge on any atom is 0.240 e. The Kier molecular flexibility index (Phi) is 5.38. The molecule has 0 aromatic heterocycles. The lowest BCUT2D eigenvalue weighted by atomic mass is 9.95. The Labute approximate surface area is 139 Å². The minimum Gasteiger partial charge on any atom is -0.372 e. The second-order valence-corrected chi connectivity index (χ2v) is 6.03. The average molecular weight is 339 g/mol. The van der Waals surface area contributed by atoms with E-state index in [1.165, 1.54) is 0 Å². The first-order valence-electron chi connectivity index (χ1n) is 7.27. The summed E-state index contributed by atoms with van der Waals surface area (Å²) in [6.45, 7) is 1.76. The van der Waals surface area contributed by atoms with E-state index in [2.05, 4.69) is 5.32 Å². The molecule has 1 N–H and O–H groups in total. The zero-order valence-corrected chi connectivity index (χ0v) is 13.9. The first-order chi connectivity index (χ1) is 10.9. The van der Waals surface area contributed by atoms with Gasteiger partial charge in [0.15, 0.2) is 0 Å². The lowest BCUT2D eigenvalue weighted by molar-refractivity contribution is -0.142. The Morgan fingerprint density at radius 2 is 2.00 bits per heavy atom. The van der Waals surface area contributed by atoms with Gasteiger partial charge in [-0.2, -0.15) is 0 Å². The number of hydrogen-bond acceptors (Lipinski definition) is 4. The third kappa shape index (κ3) is 4.09. The molecule has 1 saturated heterocycles. The highest BCUT2D eigenvalue weighted by Gasteiger charge is 2.32.